The van der Waals surface area contributed by atoms with Gasteiger partial charge in [0.25, 0.3) is 5.91 Å². The second-order valence-corrected chi connectivity index (χ2v) is 8.63. The zero-order valence-corrected chi connectivity index (χ0v) is 18.7. The fourth-order valence-electron chi connectivity index (χ4n) is 2.73. The summed E-state index contributed by atoms with van der Waals surface area (Å²) in [5.74, 6) is -1.11. The number of nitrogens with zero attached hydrogens (tertiary/aromatic N) is 4. The number of nitrogens with one attached hydrogen (secondary N) is 3. The van der Waals surface area contributed by atoms with Crippen molar-refractivity contribution in [2.75, 3.05) is 0 Å². The molecular weight excluding hydrogens is 522 g/mol. The molecular formula is C18H15Br2N7O3. The van der Waals surface area contributed by atoms with Gasteiger partial charge in [-0.25, -0.2) is 24.7 Å². The molecule has 0 atom stereocenters. The number of carbonyl (C=O) groups is 2. The lowest BCUT2D eigenvalue weighted by Crippen LogP contribution is -2.34. The highest BCUT2D eigenvalue weighted by Crippen LogP contribution is 2.34. The van der Waals surface area contributed by atoms with Crippen molar-refractivity contribution in [1.82, 2.24) is 35.2 Å². The molecule has 1 saturated carbocycles. The molecule has 0 aromatic carbocycles. The molecule has 10 nitrogen and oxygen atoms in total. The maximum atomic E-state index is 12.1. The number of carboxylic acid groups (broad SMARTS) is 1. The molecule has 0 bridgehead atoms. The maximum Gasteiger partial charge on any atom is 0.339 e. The van der Waals surface area contributed by atoms with Crippen LogP contribution in [0.3, 0.4) is 0 Å². The Kier molecular flexibility index (Phi) is 5.28. The van der Waals surface area contributed by atoms with E-state index in [9.17, 15) is 9.59 Å². The molecule has 1 amide bonds. The summed E-state index contributed by atoms with van der Waals surface area (Å²) in [6.45, 7) is 2.04. The lowest BCUT2D eigenvalue weighted by molar-refractivity contribution is 0.0698. The van der Waals surface area contributed by atoms with E-state index in [0.29, 0.717) is 37.1 Å². The van der Waals surface area contributed by atoms with Crippen LogP contribution in [0.2, 0.25) is 0 Å². The van der Waals surface area contributed by atoms with Crippen LogP contribution in [0, 0.1) is 0 Å². The van der Waals surface area contributed by atoms with E-state index in [-0.39, 0.29) is 17.0 Å². The Morgan fingerprint density at radius 2 is 1.50 bits per heavy atom. The predicted octanol–water partition coefficient (Wildman–Crippen LogP) is 3.42. The van der Waals surface area contributed by atoms with Crippen molar-refractivity contribution < 1.29 is 14.7 Å². The number of fused-ring (bicyclic) bond motifs is 2. The van der Waals surface area contributed by atoms with Crippen molar-refractivity contribution in [1.29, 1.82) is 0 Å². The highest BCUT2D eigenvalue weighted by molar-refractivity contribution is 9.10. The monoisotopic (exact) mass is 535 g/mol. The van der Waals surface area contributed by atoms with Crippen LogP contribution in [0.1, 0.15) is 40.5 Å². The lowest BCUT2D eigenvalue weighted by Gasteiger charge is -2.10. The Morgan fingerprint density at radius 1 is 1.00 bits per heavy atom. The number of rotatable bonds is 3. The van der Waals surface area contributed by atoms with Gasteiger partial charge in [-0.1, -0.05) is 0 Å². The van der Waals surface area contributed by atoms with Crippen LogP contribution in [-0.4, -0.2) is 52.4 Å². The second kappa shape index (κ2) is 7.76. The number of hydrogen-bond donors (Lipinski definition) is 4. The van der Waals surface area contributed by atoms with Gasteiger partial charge in [0.15, 0.2) is 11.3 Å². The van der Waals surface area contributed by atoms with Crippen LogP contribution in [0.4, 0.5) is 0 Å². The Bertz CT molecular complexity index is 1280. The topological polar surface area (TPSA) is 150 Å². The van der Waals surface area contributed by atoms with Crippen LogP contribution in [0.5, 0.6) is 0 Å². The minimum atomic E-state index is -1.02. The third-order valence-corrected chi connectivity index (χ3v) is 5.36. The molecule has 1 aliphatic carbocycles. The highest BCUT2D eigenvalue weighted by Gasteiger charge is 2.39. The molecule has 154 valence electrons. The summed E-state index contributed by atoms with van der Waals surface area (Å²) in [5.41, 5.74) is 2.70. The van der Waals surface area contributed by atoms with Gasteiger partial charge >= 0.3 is 5.97 Å². The zero-order chi connectivity index (χ0) is 21.5. The lowest BCUT2D eigenvalue weighted by atomic mass is 10.2. The van der Waals surface area contributed by atoms with E-state index in [1.54, 1.807) is 12.4 Å². The van der Waals surface area contributed by atoms with Crippen LogP contribution in [-0.2, 0) is 0 Å². The van der Waals surface area contributed by atoms with Gasteiger partial charge in [-0.15, -0.1) is 0 Å². The van der Waals surface area contributed by atoms with Crippen molar-refractivity contribution >= 4 is 66.1 Å². The first kappa shape index (κ1) is 20.4. The first-order valence-corrected chi connectivity index (χ1v) is 10.4. The van der Waals surface area contributed by atoms with E-state index in [1.165, 1.54) is 12.4 Å². The number of amides is 1. The number of aromatic nitrogens is 6. The van der Waals surface area contributed by atoms with E-state index >= 15 is 0 Å². The normalized spacial score (nSPS) is 14.2. The van der Waals surface area contributed by atoms with Gasteiger partial charge in [-0.2, -0.15) is 0 Å². The van der Waals surface area contributed by atoms with Crippen molar-refractivity contribution in [2.24, 2.45) is 0 Å². The third kappa shape index (κ3) is 4.19. The van der Waals surface area contributed by atoms with Crippen molar-refractivity contribution in [3.8, 4) is 0 Å². The van der Waals surface area contributed by atoms with Crippen LogP contribution in [0.25, 0.3) is 22.3 Å². The smallest absolute Gasteiger partial charge is 0.339 e. The molecule has 4 heterocycles. The SMILES string of the molecule is CC1(NC(=O)c2c[nH]c3ncc(Br)nc23)CC1.O=C(O)c1c[nH]c2ncc(Br)nc12. The molecule has 4 aromatic rings. The molecule has 0 aliphatic heterocycles. The van der Waals surface area contributed by atoms with Crippen LogP contribution < -0.4 is 5.32 Å². The van der Waals surface area contributed by atoms with Gasteiger partial charge in [-0.3, -0.25) is 4.79 Å². The summed E-state index contributed by atoms with van der Waals surface area (Å²) in [7, 11) is 0. The quantitative estimate of drug-likeness (QED) is 0.313. The Morgan fingerprint density at radius 3 is 2.00 bits per heavy atom. The Hall–Kier alpha value is -2.86. The second-order valence-electron chi connectivity index (χ2n) is 7.00. The molecule has 30 heavy (non-hydrogen) atoms. The van der Waals surface area contributed by atoms with E-state index in [0.717, 1.165) is 12.8 Å². The summed E-state index contributed by atoms with van der Waals surface area (Å²) in [5, 5.41) is 11.8. The fraction of sp³-hybridized carbons (Fsp3) is 0.222. The molecule has 4 aromatic heterocycles. The van der Waals surface area contributed by atoms with Gasteiger partial charge in [0.2, 0.25) is 0 Å². The number of aromatic amines is 2. The first-order chi connectivity index (χ1) is 14.3. The number of hydrogen-bond acceptors (Lipinski definition) is 6. The van der Waals surface area contributed by atoms with Gasteiger partial charge in [0, 0.05) is 17.9 Å². The van der Waals surface area contributed by atoms with E-state index < -0.39 is 5.97 Å². The summed E-state index contributed by atoms with van der Waals surface area (Å²) in [6.07, 6.45) is 8.21. The van der Waals surface area contributed by atoms with Gasteiger partial charge < -0.3 is 20.4 Å². The average Bonchev–Trinajstić information content (AvgIpc) is 3.10. The molecule has 0 radical (unpaired) electrons. The molecule has 0 unspecified atom stereocenters. The molecule has 4 N–H and O–H groups in total. The largest absolute Gasteiger partial charge is 0.478 e. The molecule has 0 saturated heterocycles. The number of aromatic carboxylic acids is 1. The van der Waals surface area contributed by atoms with Gasteiger partial charge in [0.05, 0.1) is 18.0 Å². The zero-order valence-electron chi connectivity index (χ0n) is 15.5. The van der Waals surface area contributed by atoms with Crippen LogP contribution in [0.15, 0.2) is 34.0 Å². The predicted molar refractivity (Wildman–Crippen MR) is 115 cm³/mol. The van der Waals surface area contributed by atoms with E-state index in [4.69, 9.17) is 5.11 Å². The molecule has 1 fully saturated rings. The molecule has 5 rings (SSSR count). The van der Waals surface area contributed by atoms with Gasteiger partial charge in [-0.05, 0) is 51.6 Å². The highest BCUT2D eigenvalue weighted by atomic mass is 79.9. The summed E-state index contributed by atoms with van der Waals surface area (Å²) in [6, 6.07) is 0. The fourth-order valence-corrected chi connectivity index (χ4v) is 3.29. The van der Waals surface area contributed by atoms with Crippen molar-refractivity contribution in [2.45, 2.75) is 25.3 Å². The third-order valence-electron chi connectivity index (χ3n) is 4.59. The average molecular weight is 537 g/mol. The standard InChI is InChI=1S/C11H11BrN4O.C7H4BrN3O2/c1-11(2-3-11)16-10(17)6-4-13-9-8(6)15-7(12)5-14-9;8-4-2-10-6-5(11-4)3(1-9-6)7(12)13/h4-5H,2-3H2,1H3,(H,13,14)(H,16,17);1-2H,(H,9,10)(H,12,13). The number of carbonyl (C=O) groups excluding carboxylic acids is 1. The maximum absolute atomic E-state index is 12.1. The minimum Gasteiger partial charge on any atom is -0.478 e. The number of halogens is 2. The Balaban J connectivity index is 0.000000151. The van der Waals surface area contributed by atoms with E-state index in [2.05, 4.69) is 67.1 Å². The molecule has 12 heteroatoms. The van der Waals surface area contributed by atoms with Crippen molar-refractivity contribution in [3.63, 3.8) is 0 Å². The van der Waals surface area contributed by atoms with Gasteiger partial charge in [0.1, 0.15) is 25.8 Å². The summed E-state index contributed by atoms with van der Waals surface area (Å²) >= 11 is 6.37. The van der Waals surface area contributed by atoms with Crippen molar-refractivity contribution in [3.05, 3.63) is 45.1 Å². The number of H-pyrrole nitrogens is 2. The molecule has 1 aliphatic rings. The van der Waals surface area contributed by atoms with Crippen LogP contribution >= 0.6 is 31.9 Å². The molecule has 0 spiro atoms. The first-order valence-electron chi connectivity index (χ1n) is 8.81. The number of carboxylic acids is 1. The minimum absolute atomic E-state index is 0.0277. The van der Waals surface area contributed by atoms with E-state index in [1.807, 2.05) is 6.92 Å². The Labute approximate surface area is 186 Å². The summed E-state index contributed by atoms with van der Waals surface area (Å²) < 4.78 is 1.14. The summed E-state index contributed by atoms with van der Waals surface area (Å²) in [4.78, 5) is 44.8.